The van der Waals surface area contributed by atoms with E-state index in [4.69, 9.17) is 0 Å². The summed E-state index contributed by atoms with van der Waals surface area (Å²) in [5.74, 6) is 6.16. The van der Waals surface area contributed by atoms with Crippen LogP contribution in [0.3, 0.4) is 0 Å². The molecule has 2 aliphatic rings. The van der Waals surface area contributed by atoms with Crippen LogP contribution in [0.4, 0.5) is 13.2 Å². The number of aromatic amines is 1. The van der Waals surface area contributed by atoms with Crippen LogP contribution in [0.2, 0.25) is 0 Å². The van der Waals surface area contributed by atoms with Gasteiger partial charge >= 0.3 is 0 Å². The fraction of sp³-hybridized carbons (Fsp3) is 0.387. The zero-order chi connectivity index (χ0) is 28.5. The molecule has 1 fully saturated rings. The zero-order valence-electron chi connectivity index (χ0n) is 22.7. The Kier molecular flexibility index (Phi) is 7.54. The molecule has 0 radical (unpaired) electrons. The van der Waals surface area contributed by atoms with Crippen LogP contribution < -0.4 is 5.32 Å². The van der Waals surface area contributed by atoms with Crippen molar-refractivity contribution in [3.8, 4) is 11.8 Å². The van der Waals surface area contributed by atoms with Gasteiger partial charge in [0.05, 0.1) is 25.1 Å². The van der Waals surface area contributed by atoms with Crippen molar-refractivity contribution in [1.82, 2.24) is 29.7 Å². The van der Waals surface area contributed by atoms with Crippen LogP contribution in [0.5, 0.6) is 0 Å². The molecule has 3 aromatic heterocycles. The van der Waals surface area contributed by atoms with E-state index in [1.165, 1.54) is 0 Å². The number of pyridine rings is 1. The van der Waals surface area contributed by atoms with E-state index in [0.29, 0.717) is 30.0 Å². The van der Waals surface area contributed by atoms with Crippen molar-refractivity contribution < 1.29 is 18.0 Å². The van der Waals surface area contributed by atoms with Crippen molar-refractivity contribution >= 4 is 16.8 Å². The van der Waals surface area contributed by atoms with E-state index in [2.05, 4.69) is 32.1 Å². The van der Waals surface area contributed by atoms with E-state index in [1.807, 2.05) is 43.3 Å². The minimum Gasteiger partial charge on any atom is -0.356 e. The Morgan fingerprint density at radius 3 is 2.78 bits per heavy atom. The molecule has 6 rings (SSSR count). The number of carbonyl (C=O) groups is 1. The molecule has 7 nitrogen and oxygen atoms in total. The first-order valence-corrected chi connectivity index (χ1v) is 13.9. The fourth-order valence-corrected chi connectivity index (χ4v) is 5.78. The lowest BCUT2D eigenvalue weighted by molar-refractivity contribution is 0.0739. The van der Waals surface area contributed by atoms with Crippen LogP contribution in [0.25, 0.3) is 10.9 Å². The normalized spacial score (nSPS) is 18.3. The van der Waals surface area contributed by atoms with Crippen molar-refractivity contribution in [1.29, 1.82) is 0 Å². The number of amides is 1. The molecule has 41 heavy (non-hydrogen) atoms. The van der Waals surface area contributed by atoms with Crippen LogP contribution in [0.1, 0.15) is 57.7 Å². The number of para-hydroxylation sites is 1. The maximum absolute atomic E-state index is 14.3. The molecule has 1 aromatic carbocycles. The van der Waals surface area contributed by atoms with Gasteiger partial charge in [0.15, 0.2) is 0 Å². The summed E-state index contributed by atoms with van der Waals surface area (Å²) in [6.45, 7) is 3.06. The van der Waals surface area contributed by atoms with Gasteiger partial charge in [-0.25, -0.2) is 23.1 Å². The molecule has 0 spiro atoms. The van der Waals surface area contributed by atoms with Gasteiger partial charge in [0.1, 0.15) is 17.9 Å². The standard InChI is InChI=1S/C31H31F3N6O/c1-19-12-21(7-6-20-8-10-39(11-9-20)17-28(33)34)13-26(36-19)31(41)38-29(25-14-22-4-2-3-5-24(22)37-25)30-27-15-23(32)16-40(27)18-35-30/h2-5,12-14,18,20,23,28-29,37H,8-11,15-17H2,1H3,(H,38,41)/t23-,29?/m1/s1. The number of benzene rings is 1. The predicted molar refractivity (Wildman–Crippen MR) is 149 cm³/mol. The summed E-state index contributed by atoms with van der Waals surface area (Å²) in [4.78, 5) is 27.8. The largest absolute Gasteiger partial charge is 0.356 e. The van der Waals surface area contributed by atoms with Crippen molar-refractivity contribution in [3.63, 3.8) is 0 Å². The quantitative estimate of drug-likeness (QED) is 0.332. The first-order valence-electron chi connectivity index (χ1n) is 13.9. The molecule has 2 N–H and O–H groups in total. The Morgan fingerprint density at radius 1 is 1.20 bits per heavy atom. The maximum atomic E-state index is 14.3. The number of nitrogens with one attached hydrogen (secondary N) is 2. The lowest BCUT2D eigenvalue weighted by atomic mass is 9.97. The van der Waals surface area contributed by atoms with E-state index in [0.717, 1.165) is 35.1 Å². The predicted octanol–water partition coefficient (Wildman–Crippen LogP) is 4.81. The number of likely N-dealkylation sites (tertiary alicyclic amines) is 1. The highest BCUT2D eigenvalue weighted by Crippen LogP contribution is 2.31. The number of hydrogen-bond donors (Lipinski definition) is 2. The van der Waals surface area contributed by atoms with Gasteiger partial charge in [0.25, 0.3) is 12.3 Å². The van der Waals surface area contributed by atoms with Crippen LogP contribution in [0.15, 0.2) is 48.8 Å². The molecular weight excluding hydrogens is 529 g/mol. The van der Waals surface area contributed by atoms with Gasteiger partial charge in [0, 0.05) is 40.5 Å². The highest BCUT2D eigenvalue weighted by Gasteiger charge is 2.31. The van der Waals surface area contributed by atoms with Crippen LogP contribution >= 0.6 is 0 Å². The van der Waals surface area contributed by atoms with Crippen LogP contribution in [0, 0.1) is 24.7 Å². The second-order valence-electron chi connectivity index (χ2n) is 10.9. The number of halogens is 3. The number of rotatable bonds is 6. The van der Waals surface area contributed by atoms with Crippen LogP contribution in [-0.4, -0.2) is 62.6 Å². The number of imidazole rings is 1. The molecule has 0 aliphatic carbocycles. The van der Waals surface area contributed by atoms with Crippen molar-refractivity contribution in [2.45, 2.75) is 51.4 Å². The third-order valence-electron chi connectivity index (χ3n) is 7.79. The van der Waals surface area contributed by atoms with Crippen molar-refractivity contribution in [3.05, 3.63) is 82.8 Å². The summed E-state index contributed by atoms with van der Waals surface area (Å²) in [6.07, 6.45) is 0.0270. The maximum Gasteiger partial charge on any atom is 0.270 e. The number of carbonyl (C=O) groups excluding carboxylic acids is 1. The Hall–Kier alpha value is -4.10. The molecule has 10 heteroatoms. The van der Waals surface area contributed by atoms with E-state index < -0.39 is 24.5 Å². The highest BCUT2D eigenvalue weighted by molar-refractivity contribution is 5.93. The number of H-pyrrole nitrogens is 1. The molecular formula is C31H31F3N6O. The average Bonchev–Trinajstić information content (AvgIpc) is 3.64. The number of aryl methyl sites for hydroxylation is 1. The number of piperidine rings is 1. The Bertz CT molecular complexity index is 1590. The van der Waals surface area contributed by atoms with Gasteiger partial charge in [-0.15, -0.1) is 0 Å². The molecule has 5 heterocycles. The topological polar surface area (TPSA) is 78.8 Å². The van der Waals surface area contributed by atoms with E-state index in [9.17, 15) is 18.0 Å². The van der Waals surface area contributed by atoms with E-state index in [1.54, 1.807) is 21.9 Å². The molecule has 0 saturated carbocycles. The number of hydrogen-bond acceptors (Lipinski definition) is 4. The summed E-state index contributed by atoms with van der Waals surface area (Å²) in [5, 5.41) is 4.08. The van der Waals surface area contributed by atoms with Crippen molar-refractivity contribution in [2.75, 3.05) is 19.6 Å². The Balaban J connectivity index is 1.24. The summed E-state index contributed by atoms with van der Waals surface area (Å²) in [5.41, 5.74) is 4.59. The third-order valence-corrected chi connectivity index (χ3v) is 7.79. The zero-order valence-corrected chi connectivity index (χ0v) is 22.7. The second kappa shape index (κ2) is 11.4. The number of aromatic nitrogens is 4. The summed E-state index contributed by atoms with van der Waals surface area (Å²) < 4.78 is 41.4. The average molecular weight is 561 g/mol. The number of alkyl halides is 3. The minimum absolute atomic E-state index is 0.114. The molecule has 212 valence electrons. The van der Waals surface area contributed by atoms with Gasteiger partial charge in [0.2, 0.25) is 0 Å². The Morgan fingerprint density at radius 2 is 2.00 bits per heavy atom. The number of nitrogens with zero attached hydrogens (tertiary/aromatic N) is 4. The molecule has 1 amide bonds. The first kappa shape index (κ1) is 27.1. The molecule has 4 aromatic rings. The lowest BCUT2D eigenvalue weighted by Gasteiger charge is -2.29. The van der Waals surface area contributed by atoms with Crippen molar-refractivity contribution in [2.24, 2.45) is 5.92 Å². The van der Waals surface area contributed by atoms with Gasteiger partial charge < -0.3 is 14.9 Å². The van der Waals surface area contributed by atoms with Gasteiger partial charge in [-0.2, -0.15) is 0 Å². The lowest BCUT2D eigenvalue weighted by Crippen LogP contribution is -2.36. The minimum atomic E-state index is -2.33. The molecule has 1 saturated heterocycles. The fourth-order valence-electron chi connectivity index (χ4n) is 5.78. The molecule has 2 aliphatic heterocycles. The Labute approximate surface area is 236 Å². The molecule has 1 unspecified atom stereocenters. The van der Waals surface area contributed by atoms with E-state index >= 15 is 0 Å². The summed E-state index contributed by atoms with van der Waals surface area (Å²) in [7, 11) is 0. The second-order valence-corrected chi connectivity index (χ2v) is 10.9. The van der Waals surface area contributed by atoms with Gasteiger partial charge in [-0.05, 0) is 62.5 Å². The van der Waals surface area contributed by atoms with E-state index in [-0.39, 0.29) is 31.1 Å². The smallest absolute Gasteiger partial charge is 0.270 e. The van der Waals surface area contributed by atoms with Crippen LogP contribution in [-0.2, 0) is 13.0 Å². The highest BCUT2D eigenvalue weighted by atomic mass is 19.3. The monoisotopic (exact) mass is 560 g/mol. The SMILES string of the molecule is Cc1cc(C#CC2CCN(CC(F)F)CC2)cc(C(=O)NC(c2cc3ccccc3[nH]2)c2ncn3c2C[C@@H](F)C3)n1. The van der Waals surface area contributed by atoms with Gasteiger partial charge in [-0.3, -0.25) is 9.69 Å². The number of fused-ring (bicyclic) bond motifs is 2. The third kappa shape index (κ3) is 6.00. The summed E-state index contributed by atoms with van der Waals surface area (Å²) in [6, 6.07) is 12.7. The first-order chi connectivity index (χ1) is 19.8. The summed E-state index contributed by atoms with van der Waals surface area (Å²) >= 11 is 0. The molecule has 0 bridgehead atoms. The molecule has 2 atom stereocenters. The van der Waals surface area contributed by atoms with Gasteiger partial charge in [-0.1, -0.05) is 30.0 Å².